The van der Waals surface area contributed by atoms with Crippen molar-refractivity contribution in [2.24, 2.45) is 0 Å². The van der Waals surface area contributed by atoms with Gasteiger partial charge in [-0.05, 0) is 49.0 Å². The summed E-state index contributed by atoms with van der Waals surface area (Å²) in [6.45, 7) is 2.74. The van der Waals surface area contributed by atoms with Crippen LogP contribution in [0.2, 0.25) is 0 Å². The number of carbonyl (C=O) groups excluding carboxylic acids is 1. The predicted octanol–water partition coefficient (Wildman–Crippen LogP) is 4.00. The van der Waals surface area contributed by atoms with Gasteiger partial charge in [-0.1, -0.05) is 25.5 Å². The summed E-state index contributed by atoms with van der Waals surface area (Å²) >= 11 is 5.20. The standard InChI is InChI=1S/C19H22N2O3S/c1-3-4-11-24-17-10-5-7-14(12-17)18(22)21-19(25)20-15-8-6-9-16(13-15)23-2/h5-10,12-13H,3-4,11H2,1-2H3,(H2,20,21,22,25). The zero-order valence-corrected chi connectivity index (χ0v) is 15.2. The molecule has 2 N–H and O–H groups in total. The van der Waals surface area contributed by atoms with E-state index in [1.807, 2.05) is 24.3 Å². The van der Waals surface area contributed by atoms with Gasteiger partial charge in [0.25, 0.3) is 5.91 Å². The third-order valence-electron chi connectivity index (χ3n) is 3.42. The molecule has 5 nitrogen and oxygen atoms in total. The molecule has 0 fully saturated rings. The van der Waals surface area contributed by atoms with Crippen molar-refractivity contribution < 1.29 is 14.3 Å². The summed E-state index contributed by atoms with van der Waals surface area (Å²) in [5.41, 5.74) is 1.23. The van der Waals surface area contributed by atoms with Crippen LogP contribution in [0.3, 0.4) is 0 Å². The highest BCUT2D eigenvalue weighted by molar-refractivity contribution is 7.80. The third kappa shape index (κ3) is 6.08. The van der Waals surface area contributed by atoms with Crippen LogP contribution < -0.4 is 20.1 Å². The maximum Gasteiger partial charge on any atom is 0.257 e. The number of amides is 1. The predicted molar refractivity (Wildman–Crippen MR) is 104 cm³/mol. The second-order valence-corrected chi connectivity index (χ2v) is 5.78. The largest absolute Gasteiger partial charge is 0.497 e. The van der Waals surface area contributed by atoms with Crippen molar-refractivity contribution in [1.29, 1.82) is 0 Å². The van der Waals surface area contributed by atoms with Crippen LogP contribution in [0.5, 0.6) is 11.5 Å². The van der Waals surface area contributed by atoms with Crippen LogP contribution in [0.25, 0.3) is 0 Å². The molecule has 0 radical (unpaired) electrons. The lowest BCUT2D eigenvalue weighted by atomic mass is 10.2. The number of methoxy groups -OCH3 is 1. The average Bonchev–Trinajstić information content (AvgIpc) is 2.62. The highest BCUT2D eigenvalue weighted by Gasteiger charge is 2.09. The van der Waals surface area contributed by atoms with Crippen molar-refractivity contribution >= 4 is 28.9 Å². The molecule has 0 aliphatic heterocycles. The second-order valence-electron chi connectivity index (χ2n) is 5.37. The van der Waals surface area contributed by atoms with Gasteiger partial charge in [0.05, 0.1) is 13.7 Å². The van der Waals surface area contributed by atoms with E-state index in [1.165, 1.54) is 0 Å². The number of anilines is 1. The maximum absolute atomic E-state index is 12.3. The number of nitrogens with one attached hydrogen (secondary N) is 2. The van der Waals surface area contributed by atoms with E-state index in [-0.39, 0.29) is 11.0 Å². The van der Waals surface area contributed by atoms with Gasteiger partial charge >= 0.3 is 0 Å². The molecule has 0 spiro atoms. The highest BCUT2D eigenvalue weighted by Crippen LogP contribution is 2.17. The molecule has 0 atom stereocenters. The number of thiocarbonyl (C=S) groups is 1. The minimum Gasteiger partial charge on any atom is -0.497 e. The molecule has 2 rings (SSSR count). The topological polar surface area (TPSA) is 59.6 Å². The molecule has 25 heavy (non-hydrogen) atoms. The van der Waals surface area contributed by atoms with Gasteiger partial charge in [0.15, 0.2) is 5.11 Å². The molecule has 2 aromatic carbocycles. The van der Waals surface area contributed by atoms with Crippen LogP contribution in [-0.2, 0) is 0 Å². The Balaban J connectivity index is 1.94. The molecule has 0 heterocycles. The Kier molecular flexibility index (Phi) is 7.22. The molecular formula is C19H22N2O3S. The summed E-state index contributed by atoms with van der Waals surface area (Å²) in [7, 11) is 1.59. The van der Waals surface area contributed by atoms with Gasteiger partial charge in [-0.15, -0.1) is 0 Å². The molecule has 2 aromatic rings. The molecule has 0 saturated carbocycles. The van der Waals surface area contributed by atoms with Crippen LogP contribution in [-0.4, -0.2) is 24.7 Å². The Morgan fingerprint density at radius 2 is 1.88 bits per heavy atom. The Morgan fingerprint density at radius 1 is 1.12 bits per heavy atom. The van der Waals surface area contributed by atoms with Gasteiger partial charge in [-0.2, -0.15) is 0 Å². The van der Waals surface area contributed by atoms with Crippen molar-refractivity contribution in [3.63, 3.8) is 0 Å². The van der Waals surface area contributed by atoms with Gasteiger partial charge in [-0.25, -0.2) is 0 Å². The van der Waals surface area contributed by atoms with Crippen molar-refractivity contribution in [2.75, 3.05) is 19.0 Å². The molecule has 132 valence electrons. The Bertz CT molecular complexity index is 734. The summed E-state index contributed by atoms with van der Waals surface area (Å²) in [6, 6.07) is 14.3. The zero-order valence-electron chi connectivity index (χ0n) is 14.4. The normalized spacial score (nSPS) is 10.0. The first-order valence-corrected chi connectivity index (χ1v) is 8.52. The molecule has 0 aromatic heterocycles. The van der Waals surface area contributed by atoms with Crippen LogP contribution in [0.1, 0.15) is 30.1 Å². The minimum atomic E-state index is -0.290. The fraction of sp³-hybridized carbons (Fsp3) is 0.263. The number of ether oxygens (including phenoxy) is 2. The summed E-state index contributed by atoms with van der Waals surface area (Å²) < 4.78 is 10.8. The smallest absolute Gasteiger partial charge is 0.257 e. The Hall–Kier alpha value is -2.60. The molecule has 1 amide bonds. The number of benzene rings is 2. The molecule has 0 aliphatic carbocycles. The quantitative estimate of drug-likeness (QED) is 0.579. The van der Waals surface area contributed by atoms with E-state index in [9.17, 15) is 4.79 Å². The van der Waals surface area contributed by atoms with E-state index in [0.29, 0.717) is 23.7 Å². The van der Waals surface area contributed by atoms with E-state index in [2.05, 4.69) is 17.6 Å². The highest BCUT2D eigenvalue weighted by atomic mass is 32.1. The minimum absolute atomic E-state index is 0.218. The van der Waals surface area contributed by atoms with Gasteiger partial charge < -0.3 is 14.8 Å². The Morgan fingerprint density at radius 3 is 2.64 bits per heavy atom. The molecular weight excluding hydrogens is 336 g/mol. The fourth-order valence-corrected chi connectivity index (χ4v) is 2.31. The van der Waals surface area contributed by atoms with E-state index in [1.54, 1.807) is 31.4 Å². The number of carbonyl (C=O) groups is 1. The van der Waals surface area contributed by atoms with Crippen molar-refractivity contribution in [3.8, 4) is 11.5 Å². The number of unbranched alkanes of at least 4 members (excludes halogenated alkanes) is 1. The lowest BCUT2D eigenvalue weighted by Crippen LogP contribution is -2.34. The maximum atomic E-state index is 12.3. The molecule has 0 aliphatic rings. The van der Waals surface area contributed by atoms with Crippen molar-refractivity contribution in [2.45, 2.75) is 19.8 Å². The first-order chi connectivity index (χ1) is 12.1. The van der Waals surface area contributed by atoms with Crippen molar-refractivity contribution in [1.82, 2.24) is 5.32 Å². The lowest BCUT2D eigenvalue weighted by Gasteiger charge is -2.11. The monoisotopic (exact) mass is 358 g/mol. The number of rotatable bonds is 7. The number of hydrogen-bond donors (Lipinski definition) is 2. The molecule has 0 saturated heterocycles. The zero-order chi connectivity index (χ0) is 18.1. The van der Waals surface area contributed by atoms with E-state index in [0.717, 1.165) is 18.5 Å². The molecule has 0 bridgehead atoms. The van der Waals surface area contributed by atoms with Crippen LogP contribution >= 0.6 is 12.2 Å². The summed E-state index contributed by atoms with van der Waals surface area (Å²) in [5.74, 6) is 1.09. The summed E-state index contributed by atoms with van der Waals surface area (Å²) in [4.78, 5) is 12.3. The van der Waals surface area contributed by atoms with Crippen molar-refractivity contribution in [3.05, 3.63) is 54.1 Å². The summed E-state index contributed by atoms with van der Waals surface area (Å²) in [6.07, 6.45) is 2.04. The average molecular weight is 358 g/mol. The van der Waals surface area contributed by atoms with Crippen LogP contribution in [0, 0.1) is 0 Å². The van der Waals surface area contributed by atoms with Gasteiger partial charge in [0, 0.05) is 17.3 Å². The second kappa shape index (κ2) is 9.64. The third-order valence-corrected chi connectivity index (χ3v) is 3.62. The lowest BCUT2D eigenvalue weighted by molar-refractivity contribution is 0.0977. The Labute approximate surface area is 153 Å². The SMILES string of the molecule is CCCCOc1cccc(C(=O)NC(=S)Nc2cccc(OC)c2)c1. The molecule has 0 unspecified atom stereocenters. The fourth-order valence-electron chi connectivity index (χ4n) is 2.10. The van der Waals surface area contributed by atoms with E-state index in [4.69, 9.17) is 21.7 Å². The van der Waals surface area contributed by atoms with Crippen LogP contribution in [0.15, 0.2) is 48.5 Å². The summed E-state index contributed by atoms with van der Waals surface area (Å²) in [5, 5.41) is 5.84. The van der Waals surface area contributed by atoms with E-state index < -0.39 is 0 Å². The van der Waals surface area contributed by atoms with Gasteiger partial charge in [0.2, 0.25) is 0 Å². The van der Waals surface area contributed by atoms with E-state index >= 15 is 0 Å². The number of hydrogen-bond acceptors (Lipinski definition) is 4. The van der Waals surface area contributed by atoms with Gasteiger partial charge in [0.1, 0.15) is 11.5 Å². The van der Waals surface area contributed by atoms with Gasteiger partial charge in [-0.3, -0.25) is 10.1 Å². The first-order valence-electron chi connectivity index (χ1n) is 8.11. The first kappa shape index (κ1) is 18.7. The van der Waals surface area contributed by atoms with Crippen LogP contribution in [0.4, 0.5) is 5.69 Å². The molecule has 6 heteroatoms.